The zero-order chi connectivity index (χ0) is 18.1. The highest BCUT2D eigenvalue weighted by Gasteiger charge is 2.47. The monoisotopic (exact) mass is 354 g/mol. The van der Waals surface area contributed by atoms with Crippen LogP contribution in [0.3, 0.4) is 0 Å². The van der Waals surface area contributed by atoms with Crippen molar-refractivity contribution < 1.29 is 14.3 Å². The standard InChI is InChI=1S/C21H26N2O3/c1-26-20(24)19-17(15-8-4-2-5-9-15)14-16-10-11-18(19)23(16)21(25)22-12-6-3-7-13-22/h2,4-5,8-9,16,18H,3,6-7,10-14H2,1H3/t16-,18+/m0/s1. The maximum absolute atomic E-state index is 13.2. The number of urea groups is 1. The average molecular weight is 354 g/mol. The Kier molecular flexibility index (Phi) is 4.70. The molecule has 2 bridgehead atoms. The molecule has 5 nitrogen and oxygen atoms in total. The average Bonchev–Trinajstić information content (AvgIpc) is 3.01. The number of rotatable bonds is 2. The normalized spacial score (nSPS) is 25.4. The van der Waals surface area contributed by atoms with Crippen molar-refractivity contribution >= 4 is 17.6 Å². The van der Waals surface area contributed by atoms with Gasteiger partial charge in [0.15, 0.2) is 0 Å². The number of carbonyl (C=O) groups excluding carboxylic acids is 2. The van der Waals surface area contributed by atoms with Gasteiger partial charge in [0.2, 0.25) is 0 Å². The molecule has 4 rings (SSSR count). The van der Waals surface area contributed by atoms with Crippen LogP contribution in [0.25, 0.3) is 5.57 Å². The summed E-state index contributed by atoms with van der Waals surface area (Å²) in [6, 6.07) is 10.2. The van der Waals surface area contributed by atoms with Crippen LogP contribution >= 0.6 is 0 Å². The minimum atomic E-state index is -0.300. The Morgan fingerprint density at radius 1 is 1.04 bits per heavy atom. The van der Waals surface area contributed by atoms with Crippen molar-refractivity contribution in [3.05, 3.63) is 41.5 Å². The minimum absolute atomic E-state index is 0.103. The maximum Gasteiger partial charge on any atom is 0.336 e. The van der Waals surface area contributed by atoms with Crippen molar-refractivity contribution in [2.45, 2.75) is 50.6 Å². The number of methoxy groups -OCH3 is 1. The van der Waals surface area contributed by atoms with Gasteiger partial charge in [0.25, 0.3) is 0 Å². The van der Waals surface area contributed by atoms with Crippen LogP contribution in [0.15, 0.2) is 35.9 Å². The highest BCUT2D eigenvalue weighted by Crippen LogP contribution is 2.44. The molecule has 2 saturated heterocycles. The van der Waals surface area contributed by atoms with Crippen LogP contribution < -0.4 is 0 Å². The summed E-state index contributed by atoms with van der Waals surface area (Å²) in [5, 5.41) is 0. The lowest BCUT2D eigenvalue weighted by Gasteiger charge is -2.41. The number of ether oxygens (including phenoxy) is 1. The molecule has 3 aliphatic rings. The van der Waals surface area contributed by atoms with Crippen LogP contribution in [0.2, 0.25) is 0 Å². The summed E-state index contributed by atoms with van der Waals surface area (Å²) in [7, 11) is 1.43. The topological polar surface area (TPSA) is 49.9 Å². The Morgan fingerprint density at radius 2 is 1.77 bits per heavy atom. The van der Waals surface area contributed by atoms with Crippen LogP contribution in [0.5, 0.6) is 0 Å². The van der Waals surface area contributed by atoms with Crippen molar-refractivity contribution in [3.8, 4) is 0 Å². The molecule has 0 aliphatic carbocycles. The van der Waals surface area contributed by atoms with Crippen molar-refractivity contribution in [1.82, 2.24) is 9.80 Å². The third-order valence-electron chi connectivity index (χ3n) is 5.98. The molecule has 1 aromatic rings. The number of benzene rings is 1. The third kappa shape index (κ3) is 2.89. The van der Waals surface area contributed by atoms with Crippen molar-refractivity contribution in [3.63, 3.8) is 0 Å². The third-order valence-corrected chi connectivity index (χ3v) is 5.98. The summed E-state index contributed by atoms with van der Waals surface area (Å²) in [6.07, 6.45) is 5.85. The van der Waals surface area contributed by atoms with E-state index in [0.717, 1.165) is 56.3 Å². The number of likely N-dealkylation sites (tertiary alicyclic amines) is 1. The number of hydrogen-bond acceptors (Lipinski definition) is 3. The van der Waals surface area contributed by atoms with Gasteiger partial charge in [-0.15, -0.1) is 0 Å². The smallest absolute Gasteiger partial charge is 0.336 e. The Hall–Kier alpha value is -2.30. The van der Waals surface area contributed by atoms with E-state index < -0.39 is 0 Å². The molecule has 0 radical (unpaired) electrons. The predicted octanol–water partition coefficient (Wildman–Crippen LogP) is 3.46. The first kappa shape index (κ1) is 17.1. The SMILES string of the molecule is COC(=O)C1=C(c2ccccc2)C[C@@H]2CC[C@H]1N2C(=O)N1CCCCC1. The van der Waals surface area contributed by atoms with E-state index in [0.29, 0.717) is 5.57 Å². The van der Waals surface area contributed by atoms with E-state index in [-0.39, 0.29) is 24.1 Å². The van der Waals surface area contributed by atoms with Crippen LogP contribution in [0, 0.1) is 0 Å². The van der Waals surface area contributed by atoms with Crippen LogP contribution in [-0.4, -0.2) is 54.1 Å². The number of amides is 2. The van der Waals surface area contributed by atoms with E-state index >= 15 is 0 Å². The predicted molar refractivity (Wildman–Crippen MR) is 99.5 cm³/mol. The molecular formula is C21H26N2O3. The molecule has 1 aromatic carbocycles. The van der Waals surface area contributed by atoms with Gasteiger partial charge in [-0.3, -0.25) is 0 Å². The van der Waals surface area contributed by atoms with Gasteiger partial charge < -0.3 is 14.5 Å². The molecule has 26 heavy (non-hydrogen) atoms. The van der Waals surface area contributed by atoms with E-state index in [1.807, 2.05) is 40.1 Å². The largest absolute Gasteiger partial charge is 0.466 e. The molecule has 0 N–H and O–H groups in total. The Labute approximate surface area is 154 Å². The first-order valence-corrected chi connectivity index (χ1v) is 9.64. The first-order chi connectivity index (χ1) is 12.7. The molecule has 2 amide bonds. The van der Waals surface area contributed by atoms with Crippen molar-refractivity contribution in [1.29, 1.82) is 0 Å². The summed E-state index contributed by atoms with van der Waals surface area (Å²) in [5.74, 6) is -0.300. The summed E-state index contributed by atoms with van der Waals surface area (Å²) >= 11 is 0. The van der Waals surface area contributed by atoms with Crippen molar-refractivity contribution in [2.24, 2.45) is 0 Å². The lowest BCUT2D eigenvalue weighted by atomic mass is 9.88. The number of hydrogen-bond donors (Lipinski definition) is 0. The fourth-order valence-electron chi connectivity index (χ4n) is 4.73. The number of nitrogens with zero attached hydrogens (tertiary/aromatic N) is 2. The fraction of sp³-hybridized carbons (Fsp3) is 0.524. The van der Waals surface area contributed by atoms with E-state index in [2.05, 4.69) is 0 Å². The second-order valence-electron chi connectivity index (χ2n) is 7.44. The molecule has 0 unspecified atom stereocenters. The second kappa shape index (κ2) is 7.14. The highest BCUT2D eigenvalue weighted by atomic mass is 16.5. The second-order valence-corrected chi connectivity index (χ2v) is 7.44. The lowest BCUT2D eigenvalue weighted by Crippen LogP contribution is -2.53. The van der Waals surface area contributed by atoms with E-state index in [1.54, 1.807) is 0 Å². The molecule has 3 heterocycles. The van der Waals surface area contributed by atoms with Gasteiger partial charge in [-0.1, -0.05) is 30.3 Å². The van der Waals surface area contributed by atoms with Crippen LogP contribution in [-0.2, 0) is 9.53 Å². The van der Waals surface area contributed by atoms with E-state index in [4.69, 9.17) is 4.74 Å². The summed E-state index contributed by atoms with van der Waals surface area (Å²) in [4.78, 5) is 29.8. The molecule has 138 valence electrons. The molecule has 0 aromatic heterocycles. The summed E-state index contributed by atoms with van der Waals surface area (Å²) in [6.45, 7) is 1.66. The van der Waals surface area contributed by atoms with Gasteiger partial charge in [-0.25, -0.2) is 9.59 Å². The summed E-state index contributed by atoms with van der Waals surface area (Å²) in [5.41, 5.74) is 2.79. The van der Waals surface area contributed by atoms with E-state index in [1.165, 1.54) is 13.5 Å². The van der Waals surface area contributed by atoms with Gasteiger partial charge in [-0.2, -0.15) is 0 Å². The maximum atomic E-state index is 13.2. The summed E-state index contributed by atoms with van der Waals surface area (Å²) < 4.78 is 5.12. The van der Waals surface area contributed by atoms with Crippen molar-refractivity contribution in [2.75, 3.05) is 20.2 Å². The van der Waals surface area contributed by atoms with Gasteiger partial charge in [0.1, 0.15) is 0 Å². The zero-order valence-electron chi connectivity index (χ0n) is 15.3. The van der Waals surface area contributed by atoms with Crippen LogP contribution in [0.1, 0.15) is 44.1 Å². The van der Waals surface area contributed by atoms with E-state index in [9.17, 15) is 9.59 Å². The van der Waals surface area contributed by atoms with Gasteiger partial charge in [0, 0.05) is 19.1 Å². The molecule has 2 atom stereocenters. The highest BCUT2D eigenvalue weighted by molar-refractivity contribution is 6.01. The molecule has 0 spiro atoms. The van der Waals surface area contributed by atoms with Crippen LogP contribution in [0.4, 0.5) is 4.79 Å². The fourth-order valence-corrected chi connectivity index (χ4v) is 4.73. The molecule has 5 heteroatoms. The first-order valence-electron chi connectivity index (χ1n) is 9.64. The van der Waals surface area contributed by atoms with Gasteiger partial charge >= 0.3 is 12.0 Å². The Balaban J connectivity index is 1.70. The quantitative estimate of drug-likeness (QED) is 0.764. The lowest BCUT2D eigenvalue weighted by molar-refractivity contribution is -0.136. The van der Waals surface area contributed by atoms with Gasteiger partial charge in [0.05, 0.1) is 18.7 Å². The molecule has 2 fully saturated rings. The molecule has 3 aliphatic heterocycles. The number of carbonyl (C=O) groups is 2. The Morgan fingerprint density at radius 3 is 2.46 bits per heavy atom. The number of fused-ring (bicyclic) bond motifs is 2. The van der Waals surface area contributed by atoms with Gasteiger partial charge in [-0.05, 0) is 49.7 Å². The zero-order valence-corrected chi connectivity index (χ0v) is 15.3. The number of esters is 1. The number of piperidine rings is 1. The molecular weight excluding hydrogens is 328 g/mol. The Bertz CT molecular complexity index is 722. The molecule has 0 saturated carbocycles. The minimum Gasteiger partial charge on any atom is -0.466 e.